The maximum Gasteiger partial charge on any atom is 0.221 e. The molecule has 9 nitrogen and oxygen atoms in total. The zero-order chi connectivity index (χ0) is 19.0. The van der Waals surface area contributed by atoms with Crippen molar-refractivity contribution in [1.29, 1.82) is 0 Å². The van der Waals surface area contributed by atoms with Crippen LogP contribution in [0.25, 0.3) is 22.6 Å². The second kappa shape index (κ2) is 6.69. The lowest BCUT2D eigenvalue weighted by Gasteiger charge is -2.09. The summed E-state index contributed by atoms with van der Waals surface area (Å²) in [5, 5.41) is 17.2. The fraction of sp³-hybridized carbons (Fsp3) is 0.222. The number of hydrogen-bond acceptors (Lipinski definition) is 8. The number of aliphatic hydroxyl groups is 1. The second-order valence-electron chi connectivity index (χ2n) is 6.04. The van der Waals surface area contributed by atoms with Gasteiger partial charge in [-0.25, -0.2) is 14.6 Å². The Bertz CT molecular complexity index is 1100. The van der Waals surface area contributed by atoms with Crippen LogP contribution in [0.3, 0.4) is 0 Å². The van der Waals surface area contributed by atoms with Gasteiger partial charge in [0, 0.05) is 12.6 Å². The molecule has 9 heteroatoms. The summed E-state index contributed by atoms with van der Waals surface area (Å²) >= 11 is 0. The number of fused-ring (bicyclic) bond motifs is 1. The van der Waals surface area contributed by atoms with Gasteiger partial charge in [-0.15, -0.1) is 0 Å². The van der Waals surface area contributed by atoms with Gasteiger partial charge in [0.05, 0.1) is 17.8 Å². The smallest absolute Gasteiger partial charge is 0.221 e. The van der Waals surface area contributed by atoms with Gasteiger partial charge in [-0.05, 0) is 41.9 Å². The van der Waals surface area contributed by atoms with E-state index in [1.54, 1.807) is 25.3 Å². The molecule has 138 valence electrons. The van der Waals surface area contributed by atoms with Gasteiger partial charge in [0.1, 0.15) is 11.3 Å². The van der Waals surface area contributed by atoms with Crippen LogP contribution in [0.1, 0.15) is 25.5 Å². The number of imidazole rings is 1. The Labute approximate surface area is 154 Å². The number of benzene rings is 1. The third-order valence-electron chi connectivity index (χ3n) is 4.21. The average Bonchev–Trinajstić information content (AvgIpc) is 3.24. The van der Waals surface area contributed by atoms with Gasteiger partial charge in [0.15, 0.2) is 17.3 Å². The molecule has 0 aliphatic rings. The van der Waals surface area contributed by atoms with Crippen LogP contribution in [-0.2, 0) is 6.54 Å². The number of aromatic nitrogens is 5. The summed E-state index contributed by atoms with van der Waals surface area (Å²) in [4.78, 5) is 8.86. The molecule has 3 aromatic heterocycles. The van der Waals surface area contributed by atoms with Gasteiger partial charge in [0.2, 0.25) is 5.88 Å². The van der Waals surface area contributed by atoms with Crippen LogP contribution in [0.5, 0.6) is 11.6 Å². The first-order chi connectivity index (χ1) is 13.1. The van der Waals surface area contributed by atoms with Crippen LogP contribution in [0, 0.1) is 0 Å². The molecule has 4 rings (SSSR count). The summed E-state index contributed by atoms with van der Waals surface area (Å²) in [6.45, 7) is 4.33. The Morgan fingerprint density at radius 1 is 1.30 bits per heavy atom. The Morgan fingerprint density at radius 2 is 2.15 bits per heavy atom. The fourth-order valence-electron chi connectivity index (χ4n) is 2.88. The lowest BCUT2D eigenvalue weighted by Crippen LogP contribution is -2.00. The summed E-state index contributed by atoms with van der Waals surface area (Å²) < 4.78 is 12.5. The average molecular weight is 366 g/mol. The van der Waals surface area contributed by atoms with E-state index in [2.05, 4.69) is 24.9 Å². The first kappa shape index (κ1) is 17.0. The van der Waals surface area contributed by atoms with Crippen molar-refractivity contribution < 1.29 is 14.5 Å². The molecular weight excluding hydrogens is 348 g/mol. The van der Waals surface area contributed by atoms with E-state index in [4.69, 9.17) is 10.5 Å². The number of rotatable bonds is 5. The largest absolute Gasteiger partial charge is 0.439 e. The van der Waals surface area contributed by atoms with Gasteiger partial charge in [-0.2, -0.15) is 0 Å². The van der Waals surface area contributed by atoms with E-state index >= 15 is 0 Å². The van der Waals surface area contributed by atoms with Crippen molar-refractivity contribution in [3.05, 3.63) is 42.1 Å². The summed E-state index contributed by atoms with van der Waals surface area (Å²) in [6, 6.07) is 9.05. The zero-order valence-electron chi connectivity index (χ0n) is 14.8. The Kier molecular flexibility index (Phi) is 4.21. The van der Waals surface area contributed by atoms with E-state index in [1.807, 2.05) is 29.7 Å². The van der Waals surface area contributed by atoms with Gasteiger partial charge >= 0.3 is 0 Å². The molecule has 0 fully saturated rings. The van der Waals surface area contributed by atoms with Crippen LogP contribution in [0.2, 0.25) is 0 Å². The molecule has 0 saturated carbocycles. The minimum atomic E-state index is -0.574. The van der Waals surface area contributed by atoms with Crippen molar-refractivity contribution in [2.24, 2.45) is 0 Å². The maximum absolute atomic E-state index is 9.73. The highest BCUT2D eigenvalue weighted by atomic mass is 16.6. The predicted molar refractivity (Wildman–Crippen MR) is 98.1 cm³/mol. The quantitative estimate of drug-likeness (QED) is 0.552. The van der Waals surface area contributed by atoms with Crippen molar-refractivity contribution in [3.8, 4) is 23.1 Å². The Hall–Kier alpha value is -3.46. The van der Waals surface area contributed by atoms with E-state index in [1.165, 1.54) is 0 Å². The summed E-state index contributed by atoms with van der Waals surface area (Å²) in [7, 11) is 0. The van der Waals surface area contributed by atoms with E-state index in [9.17, 15) is 5.11 Å². The molecule has 1 aromatic carbocycles. The molecule has 3 heterocycles. The lowest BCUT2D eigenvalue weighted by molar-refractivity contribution is 0.199. The van der Waals surface area contributed by atoms with E-state index in [0.717, 1.165) is 11.1 Å². The molecular formula is C18H18N6O3. The number of nitrogen functional groups attached to an aromatic ring is 1. The van der Waals surface area contributed by atoms with E-state index < -0.39 is 6.10 Å². The Morgan fingerprint density at radius 3 is 2.85 bits per heavy atom. The molecule has 0 saturated heterocycles. The molecule has 0 aliphatic carbocycles. The number of aryl methyl sites for hydroxylation is 1. The predicted octanol–water partition coefficient (Wildman–Crippen LogP) is 2.93. The number of aliphatic hydroxyl groups excluding tert-OH is 1. The van der Waals surface area contributed by atoms with E-state index in [0.29, 0.717) is 35.2 Å². The topological polar surface area (TPSA) is 125 Å². The van der Waals surface area contributed by atoms with Gasteiger partial charge in [-0.1, -0.05) is 12.1 Å². The molecule has 0 spiro atoms. The summed E-state index contributed by atoms with van der Waals surface area (Å²) in [5.41, 5.74) is 8.47. The number of anilines is 1. The monoisotopic (exact) mass is 366 g/mol. The van der Waals surface area contributed by atoms with Crippen molar-refractivity contribution in [3.63, 3.8) is 0 Å². The SMILES string of the molecule is CCn1c(-c2nonc2N)nc2cnc(Oc3cccc(C(C)O)c3)cc21. The van der Waals surface area contributed by atoms with Crippen LogP contribution < -0.4 is 10.5 Å². The summed E-state index contributed by atoms with van der Waals surface area (Å²) in [6.07, 6.45) is 1.05. The lowest BCUT2D eigenvalue weighted by atomic mass is 10.1. The number of ether oxygens (including phenoxy) is 1. The number of nitrogens with two attached hydrogens (primary N) is 1. The highest BCUT2D eigenvalue weighted by molar-refractivity contribution is 5.81. The molecule has 3 N–H and O–H groups in total. The first-order valence-electron chi connectivity index (χ1n) is 8.47. The summed E-state index contributed by atoms with van der Waals surface area (Å²) in [5.74, 6) is 1.74. The minimum Gasteiger partial charge on any atom is -0.439 e. The number of nitrogens with zero attached hydrogens (tertiary/aromatic N) is 5. The third kappa shape index (κ3) is 3.08. The van der Waals surface area contributed by atoms with E-state index in [-0.39, 0.29) is 5.82 Å². The minimum absolute atomic E-state index is 0.180. The normalized spacial score (nSPS) is 12.4. The maximum atomic E-state index is 9.73. The van der Waals surface area contributed by atoms with Crippen molar-refractivity contribution in [2.45, 2.75) is 26.5 Å². The second-order valence-corrected chi connectivity index (χ2v) is 6.04. The van der Waals surface area contributed by atoms with Gasteiger partial charge < -0.3 is 20.1 Å². The Balaban J connectivity index is 1.74. The van der Waals surface area contributed by atoms with Crippen LogP contribution in [0.15, 0.2) is 41.2 Å². The highest BCUT2D eigenvalue weighted by Gasteiger charge is 2.19. The van der Waals surface area contributed by atoms with Crippen molar-refractivity contribution in [1.82, 2.24) is 24.8 Å². The van der Waals surface area contributed by atoms with Crippen molar-refractivity contribution in [2.75, 3.05) is 5.73 Å². The molecule has 1 atom stereocenters. The highest BCUT2D eigenvalue weighted by Crippen LogP contribution is 2.29. The third-order valence-corrected chi connectivity index (χ3v) is 4.21. The standard InChI is InChI=1S/C18H18N6O3/c1-3-24-14-8-15(26-12-6-4-5-11(7-12)10(2)25)20-9-13(14)21-18(24)16-17(19)23-27-22-16/h4-10,25H,3H2,1-2H3,(H2,19,23). The fourth-order valence-corrected chi connectivity index (χ4v) is 2.88. The van der Waals surface area contributed by atoms with Crippen LogP contribution in [0.4, 0.5) is 5.82 Å². The van der Waals surface area contributed by atoms with Crippen LogP contribution in [-0.4, -0.2) is 30.0 Å². The number of pyridine rings is 1. The van der Waals surface area contributed by atoms with Gasteiger partial charge in [0.25, 0.3) is 0 Å². The molecule has 1 unspecified atom stereocenters. The molecule has 0 radical (unpaired) electrons. The molecule has 0 aliphatic heterocycles. The first-order valence-corrected chi connectivity index (χ1v) is 8.47. The molecule has 0 bridgehead atoms. The molecule has 4 aromatic rings. The van der Waals surface area contributed by atoms with Crippen molar-refractivity contribution >= 4 is 16.9 Å². The number of hydrogen-bond donors (Lipinski definition) is 2. The van der Waals surface area contributed by atoms with Gasteiger partial charge in [-0.3, -0.25) is 0 Å². The molecule has 0 amide bonds. The van der Waals surface area contributed by atoms with Crippen LogP contribution >= 0.6 is 0 Å². The zero-order valence-corrected chi connectivity index (χ0v) is 14.8. The molecule has 27 heavy (non-hydrogen) atoms.